The van der Waals surface area contributed by atoms with Crippen LogP contribution < -0.4 is 10.1 Å². The van der Waals surface area contributed by atoms with E-state index in [-0.39, 0.29) is 11.9 Å². The van der Waals surface area contributed by atoms with Crippen LogP contribution in [0.1, 0.15) is 35.7 Å². The molecule has 0 bridgehead atoms. The van der Waals surface area contributed by atoms with E-state index in [1.807, 2.05) is 13.0 Å². The molecule has 1 fully saturated rings. The van der Waals surface area contributed by atoms with Crippen molar-refractivity contribution in [3.05, 3.63) is 59.8 Å². The van der Waals surface area contributed by atoms with Gasteiger partial charge in [-0.3, -0.25) is 9.69 Å². The van der Waals surface area contributed by atoms with Crippen LogP contribution in [0.3, 0.4) is 0 Å². The highest BCUT2D eigenvalue weighted by atomic mass is 16.5. The molecule has 1 aromatic carbocycles. The SMILES string of the molecule is CCOc1cc(C(=O)NC2CCCN(Cc3ccccc3)C2)ccn1. The molecule has 1 N–H and O–H groups in total. The summed E-state index contributed by atoms with van der Waals surface area (Å²) in [6.45, 7) is 5.32. The molecule has 1 aromatic heterocycles. The fourth-order valence-corrected chi connectivity index (χ4v) is 3.20. The van der Waals surface area contributed by atoms with Gasteiger partial charge in [0.2, 0.25) is 5.88 Å². The van der Waals surface area contributed by atoms with E-state index in [0.717, 1.165) is 32.5 Å². The Morgan fingerprint density at radius 3 is 2.96 bits per heavy atom. The Morgan fingerprint density at radius 1 is 1.32 bits per heavy atom. The van der Waals surface area contributed by atoms with Crippen LogP contribution in [-0.2, 0) is 6.54 Å². The van der Waals surface area contributed by atoms with Crippen LogP contribution in [0.4, 0.5) is 0 Å². The van der Waals surface area contributed by atoms with Crippen molar-refractivity contribution in [1.82, 2.24) is 15.2 Å². The molecule has 25 heavy (non-hydrogen) atoms. The molecule has 2 aromatic rings. The number of amides is 1. The fourth-order valence-electron chi connectivity index (χ4n) is 3.20. The number of rotatable bonds is 6. The summed E-state index contributed by atoms with van der Waals surface area (Å²) in [5, 5.41) is 3.16. The first-order valence-electron chi connectivity index (χ1n) is 8.90. The molecule has 0 radical (unpaired) electrons. The van der Waals surface area contributed by atoms with Crippen LogP contribution >= 0.6 is 0 Å². The van der Waals surface area contributed by atoms with Crippen molar-refractivity contribution < 1.29 is 9.53 Å². The monoisotopic (exact) mass is 339 g/mol. The largest absolute Gasteiger partial charge is 0.478 e. The molecule has 3 rings (SSSR count). The molecule has 5 heteroatoms. The normalized spacial score (nSPS) is 17.9. The Morgan fingerprint density at radius 2 is 2.16 bits per heavy atom. The van der Waals surface area contributed by atoms with E-state index in [0.29, 0.717) is 18.1 Å². The molecule has 2 heterocycles. The van der Waals surface area contributed by atoms with E-state index in [9.17, 15) is 4.79 Å². The predicted octanol–water partition coefficient (Wildman–Crippen LogP) is 2.87. The minimum Gasteiger partial charge on any atom is -0.478 e. The number of carbonyl (C=O) groups is 1. The number of piperidine rings is 1. The molecule has 1 aliphatic heterocycles. The number of nitrogens with zero attached hydrogens (tertiary/aromatic N) is 2. The standard InChI is InChI=1S/C20H25N3O2/c1-2-25-19-13-17(10-11-21-19)20(24)22-18-9-6-12-23(15-18)14-16-7-4-3-5-8-16/h3-5,7-8,10-11,13,18H,2,6,9,12,14-15H2,1H3,(H,22,24). The van der Waals surface area contributed by atoms with Gasteiger partial charge in [-0.25, -0.2) is 4.98 Å². The number of nitrogens with one attached hydrogen (secondary N) is 1. The second-order valence-electron chi connectivity index (χ2n) is 6.35. The number of hydrogen-bond donors (Lipinski definition) is 1. The first-order valence-corrected chi connectivity index (χ1v) is 8.90. The van der Waals surface area contributed by atoms with Gasteiger partial charge in [0.1, 0.15) is 0 Å². The molecule has 1 saturated heterocycles. The van der Waals surface area contributed by atoms with E-state index in [2.05, 4.69) is 39.5 Å². The lowest BCUT2D eigenvalue weighted by Crippen LogP contribution is -2.47. The molecule has 132 valence electrons. The van der Waals surface area contributed by atoms with Crippen molar-refractivity contribution in [2.75, 3.05) is 19.7 Å². The molecule has 1 aliphatic rings. The summed E-state index contributed by atoms with van der Waals surface area (Å²) in [5.74, 6) is 0.430. The zero-order chi connectivity index (χ0) is 17.5. The van der Waals surface area contributed by atoms with Gasteiger partial charge in [0.25, 0.3) is 5.91 Å². The van der Waals surface area contributed by atoms with E-state index in [1.165, 1.54) is 5.56 Å². The third-order valence-electron chi connectivity index (χ3n) is 4.38. The first kappa shape index (κ1) is 17.4. The number of carbonyl (C=O) groups excluding carboxylic acids is 1. The predicted molar refractivity (Wildman–Crippen MR) is 97.6 cm³/mol. The van der Waals surface area contributed by atoms with Gasteiger partial charge < -0.3 is 10.1 Å². The van der Waals surface area contributed by atoms with Gasteiger partial charge in [0, 0.05) is 37.0 Å². The van der Waals surface area contributed by atoms with Crippen molar-refractivity contribution in [2.45, 2.75) is 32.4 Å². The molecule has 1 unspecified atom stereocenters. The maximum atomic E-state index is 12.5. The lowest BCUT2D eigenvalue weighted by Gasteiger charge is -2.33. The van der Waals surface area contributed by atoms with Crippen LogP contribution in [0.2, 0.25) is 0 Å². The molecule has 0 saturated carbocycles. The lowest BCUT2D eigenvalue weighted by atomic mass is 10.0. The van der Waals surface area contributed by atoms with E-state index in [4.69, 9.17) is 4.74 Å². The molecule has 5 nitrogen and oxygen atoms in total. The van der Waals surface area contributed by atoms with E-state index >= 15 is 0 Å². The zero-order valence-corrected chi connectivity index (χ0v) is 14.6. The van der Waals surface area contributed by atoms with Gasteiger partial charge in [0.15, 0.2) is 0 Å². The Bertz CT molecular complexity index is 690. The number of pyridine rings is 1. The minimum absolute atomic E-state index is 0.0603. The molecular formula is C20H25N3O2. The highest BCUT2D eigenvalue weighted by Gasteiger charge is 2.22. The third-order valence-corrected chi connectivity index (χ3v) is 4.38. The van der Waals surface area contributed by atoms with Crippen LogP contribution in [0.15, 0.2) is 48.7 Å². The van der Waals surface area contributed by atoms with Gasteiger partial charge in [-0.1, -0.05) is 30.3 Å². The van der Waals surface area contributed by atoms with Crippen LogP contribution in [-0.4, -0.2) is 41.5 Å². The Balaban J connectivity index is 1.56. The number of hydrogen-bond acceptors (Lipinski definition) is 4. The average molecular weight is 339 g/mol. The maximum absolute atomic E-state index is 12.5. The fraction of sp³-hybridized carbons (Fsp3) is 0.400. The Kier molecular flexibility index (Phi) is 6.01. The molecular weight excluding hydrogens is 314 g/mol. The van der Waals surface area contributed by atoms with Gasteiger partial charge >= 0.3 is 0 Å². The smallest absolute Gasteiger partial charge is 0.251 e. The summed E-state index contributed by atoms with van der Waals surface area (Å²) in [6.07, 6.45) is 3.72. The molecule has 1 atom stereocenters. The first-order chi connectivity index (χ1) is 12.2. The summed E-state index contributed by atoms with van der Waals surface area (Å²) in [5.41, 5.74) is 1.91. The van der Waals surface area contributed by atoms with E-state index < -0.39 is 0 Å². The van der Waals surface area contributed by atoms with Crippen molar-refractivity contribution in [2.24, 2.45) is 0 Å². The number of aromatic nitrogens is 1. The topological polar surface area (TPSA) is 54.5 Å². The van der Waals surface area contributed by atoms with Crippen molar-refractivity contribution in [3.8, 4) is 5.88 Å². The average Bonchev–Trinajstić information content (AvgIpc) is 2.63. The van der Waals surface area contributed by atoms with Crippen LogP contribution in [0, 0.1) is 0 Å². The van der Waals surface area contributed by atoms with Gasteiger partial charge in [0.05, 0.1) is 6.61 Å². The quantitative estimate of drug-likeness (QED) is 0.879. The second kappa shape index (κ2) is 8.62. The summed E-state index contributed by atoms with van der Waals surface area (Å²) in [4.78, 5) is 19.0. The van der Waals surface area contributed by atoms with Crippen molar-refractivity contribution >= 4 is 5.91 Å². The highest BCUT2D eigenvalue weighted by molar-refractivity contribution is 5.94. The second-order valence-corrected chi connectivity index (χ2v) is 6.35. The van der Waals surface area contributed by atoms with Gasteiger partial charge in [-0.05, 0) is 37.9 Å². The zero-order valence-electron chi connectivity index (χ0n) is 14.6. The summed E-state index contributed by atoms with van der Waals surface area (Å²) < 4.78 is 5.37. The highest BCUT2D eigenvalue weighted by Crippen LogP contribution is 2.15. The van der Waals surface area contributed by atoms with E-state index in [1.54, 1.807) is 18.3 Å². The summed E-state index contributed by atoms with van der Waals surface area (Å²) in [6, 6.07) is 14.1. The van der Waals surface area contributed by atoms with Crippen LogP contribution in [0.5, 0.6) is 5.88 Å². The lowest BCUT2D eigenvalue weighted by molar-refractivity contribution is 0.0900. The summed E-state index contributed by atoms with van der Waals surface area (Å²) >= 11 is 0. The molecule has 0 spiro atoms. The number of likely N-dealkylation sites (tertiary alicyclic amines) is 1. The third kappa shape index (κ3) is 5.03. The van der Waals surface area contributed by atoms with Crippen LogP contribution in [0.25, 0.3) is 0 Å². The van der Waals surface area contributed by atoms with Gasteiger partial charge in [-0.15, -0.1) is 0 Å². The van der Waals surface area contributed by atoms with Crippen molar-refractivity contribution in [3.63, 3.8) is 0 Å². The Hall–Kier alpha value is -2.40. The summed E-state index contributed by atoms with van der Waals surface area (Å²) in [7, 11) is 0. The van der Waals surface area contributed by atoms with Gasteiger partial charge in [-0.2, -0.15) is 0 Å². The number of benzene rings is 1. The molecule has 1 amide bonds. The van der Waals surface area contributed by atoms with Crippen molar-refractivity contribution in [1.29, 1.82) is 0 Å². The maximum Gasteiger partial charge on any atom is 0.251 e. The molecule has 0 aliphatic carbocycles. The number of ether oxygens (including phenoxy) is 1. The Labute approximate surface area is 149 Å². The minimum atomic E-state index is -0.0603.